The van der Waals surface area contributed by atoms with E-state index in [1.165, 1.54) is 13.2 Å². The maximum absolute atomic E-state index is 13.7. The first-order valence-electron chi connectivity index (χ1n) is 9.90. The molecule has 2 aromatic rings. The summed E-state index contributed by atoms with van der Waals surface area (Å²) in [6.07, 6.45) is 0. The first kappa shape index (κ1) is 22.9. The van der Waals surface area contributed by atoms with Crippen molar-refractivity contribution in [3.05, 3.63) is 42.2 Å². The predicted octanol–water partition coefficient (Wildman–Crippen LogP) is 4.04. The van der Waals surface area contributed by atoms with Gasteiger partial charge in [-0.1, -0.05) is 13.8 Å². The van der Waals surface area contributed by atoms with E-state index in [9.17, 15) is 17.6 Å². The van der Waals surface area contributed by atoms with Crippen molar-refractivity contribution in [2.24, 2.45) is 11.3 Å². The number of amides is 1. The van der Waals surface area contributed by atoms with Gasteiger partial charge in [-0.05, 0) is 56.2 Å². The predicted molar refractivity (Wildman–Crippen MR) is 117 cm³/mol. The average Bonchev–Trinajstić information content (AvgIpc) is 2.78. The third-order valence-electron chi connectivity index (χ3n) is 4.88. The van der Waals surface area contributed by atoms with Crippen molar-refractivity contribution in [2.75, 3.05) is 29.9 Å². The van der Waals surface area contributed by atoms with Gasteiger partial charge in [-0.15, -0.1) is 0 Å². The van der Waals surface area contributed by atoms with Crippen molar-refractivity contribution in [1.82, 2.24) is 0 Å². The summed E-state index contributed by atoms with van der Waals surface area (Å²) in [5.41, 5.74) is -0.0340. The van der Waals surface area contributed by atoms with Gasteiger partial charge in [0, 0.05) is 6.54 Å². The molecule has 0 unspecified atom stereocenters. The monoisotopic (exact) mass is 450 g/mol. The van der Waals surface area contributed by atoms with Gasteiger partial charge in [0.2, 0.25) is 5.91 Å². The lowest BCUT2D eigenvalue weighted by atomic mass is 9.92. The lowest BCUT2D eigenvalue weighted by molar-refractivity contribution is -0.127. The maximum atomic E-state index is 13.7. The molecular formula is C22H27FN2O5S. The van der Waals surface area contributed by atoms with Crippen molar-refractivity contribution in [3.63, 3.8) is 0 Å². The van der Waals surface area contributed by atoms with Crippen LogP contribution in [0.5, 0.6) is 11.5 Å². The molecule has 1 N–H and O–H groups in total. The first-order valence-corrected chi connectivity index (χ1v) is 11.4. The normalized spacial score (nSPS) is 15.8. The number of carbonyl (C=O) groups excluding carboxylic acids is 1. The SMILES string of the molecule is COc1ccc(F)cc1S(=O)(=O)Nc1ccc2c(c1)N(CC(C)C)C(=O)C(C)(C)CO2. The molecular weight excluding hydrogens is 423 g/mol. The van der Waals surface area contributed by atoms with E-state index in [4.69, 9.17) is 9.47 Å². The number of methoxy groups -OCH3 is 1. The molecule has 0 atom stereocenters. The number of hydrogen-bond donors (Lipinski definition) is 1. The highest BCUT2D eigenvalue weighted by atomic mass is 32.2. The molecule has 0 saturated heterocycles. The van der Waals surface area contributed by atoms with Gasteiger partial charge in [0.15, 0.2) is 0 Å². The number of fused-ring (bicyclic) bond motifs is 1. The molecule has 1 aliphatic heterocycles. The van der Waals surface area contributed by atoms with E-state index >= 15 is 0 Å². The number of rotatable bonds is 6. The van der Waals surface area contributed by atoms with Crippen LogP contribution in [0.4, 0.5) is 15.8 Å². The Kier molecular flexibility index (Phi) is 6.18. The van der Waals surface area contributed by atoms with Crippen molar-refractivity contribution < 1.29 is 27.1 Å². The summed E-state index contributed by atoms with van der Waals surface area (Å²) in [6, 6.07) is 7.98. The summed E-state index contributed by atoms with van der Waals surface area (Å²) in [4.78, 5) is 14.5. The van der Waals surface area contributed by atoms with Crippen molar-refractivity contribution in [1.29, 1.82) is 0 Å². The fraction of sp³-hybridized carbons (Fsp3) is 0.409. The quantitative estimate of drug-likeness (QED) is 0.718. The van der Waals surface area contributed by atoms with E-state index in [1.807, 2.05) is 27.7 Å². The van der Waals surface area contributed by atoms with Crippen LogP contribution in [-0.4, -0.2) is 34.6 Å². The fourth-order valence-corrected chi connectivity index (χ4v) is 4.56. The lowest BCUT2D eigenvalue weighted by Crippen LogP contribution is -2.43. The molecule has 2 aromatic carbocycles. The molecule has 0 spiro atoms. The third-order valence-corrected chi connectivity index (χ3v) is 6.28. The molecule has 1 heterocycles. The van der Waals surface area contributed by atoms with E-state index in [2.05, 4.69) is 4.72 Å². The topological polar surface area (TPSA) is 84.9 Å². The molecule has 0 aromatic heterocycles. The van der Waals surface area contributed by atoms with E-state index < -0.39 is 21.3 Å². The molecule has 0 bridgehead atoms. The minimum Gasteiger partial charge on any atom is -0.495 e. The average molecular weight is 451 g/mol. The Balaban J connectivity index is 2.03. The van der Waals surface area contributed by atoms with Gasteiger partial charge in [-0.3, -0.25) is 9.52 Å². The fourth-order valence-electron chi connectivity index (χ4n) is 3.33. The molecule has 1 aliphatic rings. The summed E-state index contributed by atoms with van der Waals surface area (Å²) < 4.78 is 52.9. The van der Waals surface area contributed by atoms with E-state index in [1.54, 1.807) is 23.1 Å². The van der Waals surface area contributed by atoms with Gasteiger partial charge >= 0.3 is 0 Å². The molecule has 0 aliphatic carbocycles. The molecule has 9 heteroatoms. The number of ether oxygens (including phenoxy) is 2. The van der Waals surface area contributed by atoms with Gasteiger partial charge in [0.25, 0.3) is 10.0 Å². The van der Waals surface area contributed by atoms with Gasteiger partial charge < -0.3 is 14.4 Å². The number of nitrogens with one attached hydrogen (secondary N) is 1. The molecule has 0 saturated carbocycles. The molecule has 31 heavy (non-hydrogen) atoms. The van der Waals surface area contributed by atoms with Gasteiger partial charge in [0.05, 0.1) is 23.9 Å². The van der Waals surface area contributed by atoms with Gasteiger partial charge in [0.1, 0.15) is 28.8 Å². The minimum atomic E-state index is -4.15. The van der Waals surface area contributed by atoms with Gasteiger partial charge in [-0.2, -0.15) is 0 Å². The Morgan fingerprint density at radius 3 is 2.58 bits per heavy atom. The van der Waals surface area contributed by atoms with E-state index in [0.717, 1.165) is 12.1 Å². The molecule has 168 valence electrons. The summed E-state index contributed by atoms with van der Waals surface area (Å²) in [6.45, 7) is 8.28. The van der Waals surface area contributed by atoms with Crippen LogP contribution < -0.4 is 19.1 Å². The van der Waals surface area contributed by atoms with Crippen LogP contribution in [0, 0.1) is 17.2 Å². The number of anilines is 2. The Morgan fingerprint density at radius 1 is 1.23 bits per heavy atom. The number of sulfonamides is 1. The largest absolute Gasteiger partial charge is 0.495 e. The van der Waals surface area contributed by atoms with Crippen molar-refractivity contribution >= 4 is 27.3 Å². The lowest BCUT2D eigenvalue weighted by Gasteiger charge is -2.29. The maximum Gasteiger partial charge on any atom is 0.265 e. The van der Waals surface area contributed by atoms with Gasteiger partial charge in [-0.25, -0.2) is 12.8 Å². The molecule has 0 fully saturated rings. The summed E-state index contributed by atoms with van der Waals surface area (Å²) in [5, 5.41) is 0. The Morgan fingerprint density at radius 2 is 1.94 bits per heavy atom. The highest BCUT2D eigenvalue weighted by Gasteiger charge is 2.38. The third kappa shape index (κ3) is 4.76. The Labute approximate surface area is 182 Å². The molecule has 0 radical (unpaired) electrons. The number of hydrogen-bond acceptors (Lipinski definition) is 5. The number of carbonyl (C=O) groups is 1. The second-order valence-corrected chi connectivity index (χ2v) is 10.2. The van der Waals surface area contributed by atoms with Crippen molar-refractivity contribution in [2.45, 2.75) is 32.6 Å². The first-order chi connectivity index (χ1) is 14.4. The summed E-state index contributed by atoms with van der Waals surface area (Å²) in [7, 11) is -2.84. The summed E-state index contributed by atoms with van der Waals surface area (Å²) >= 11 is 0. The number of nitrogens with zero attached hydrogens (tertiary/aromatic N) is 1. The standard InChI is InChI=1S/C22H27FN2O5S/c1-14(2)12-25-17-11-16(7-9-18(17)30-13-22(3,4)21(25)26)24-31(27,28)20-10-15(23)6-8-19(20)29-5/h6-11,14,24H,12-13H2,1-5H3. The van der Waals surface area contributed by atoms with Crippen LogP contribution >= 0.6 is 0 Å². The van der Waals surface area contributed by atoms with Crippen LogP contribution in [0.2, 0.25) is 0 Å². The Bertz CT molecular complexity index is 1100. The van der Waals surface area contributed by atoms with Crippen LogP contribution in [-0.2, 0) is 14.8 Å². The van der Waals surface area contributed by atoms with Crippen molar-refractivity contribution in [3.8, 4) is 11.5 Å². The number of halogens is 1. The van der Waals surface area contributed by atoms with E-state index in [-0.39, 0.29) is 34.8 Å². The zero-order valence-corrected chi connectivity index (χ0v) is 19.0. The summed E-state index contributed by atoms with van der Waals surface area (Å²) in [5.74, 6) is -0.113. The number of benzene rings is 2. The van der Waals surface area contributed by atoms with Crippen LogP contribution in [0.1, 0.15) is 27.7 Å². The smallest absolute Gasteiger partial charge is 0.265 e. The molecule has 7 nitrogen and oxygen atoms in total. The van der Waals surface area contributed by atoms with Crippen LogP contribution in [0.3, 0.4) is 0 Å². The van der Waals surface area contributed by atoms with Crippen LogP contribution in [0.15, 0.2) is 41.3 Å². The Hall–Kier alpha value is -2.81. The molecule has 1 amide bonds. The second kappa shape index (κ2) is 8.37. The highest BCUT2D eigenvalue weighted by Crippen LogP contribution is 2.39. The van der Waals surface area contributed by atoms with Crippen LogP contribution in [0.25, 0.3) is 0 Å². The second-order valence-electron chi connectivity index (χ2n) is 8.57. The zero-order chi connectivity index (χ0) is 23.0. The van der Waals surface area contributed by atoms with E-state index in [0.29, 0.717) is 18.0 Å². The minimum absolute atomic E-state index is 0.0188. The highest BCUT2D eigenvalue weighted by molar-refractivity contribution is 7.92. The molecule has 3 rings (SSSR count). The zero-order valence-electron chi connectivity index (χ0n) is 18.2.